The molecular formula is C28H54O4. The first-order valence-electron chi connectivity index (χ1n) is 14.0. The fourth-order valence-electron chi connectivity index (χ4n) is 4.30. The average molecular weight is 455 g/mol. The van der Waals surface area contributed by atoms with Crippen LogP contribution in [0.3, 0.4) is 0 Å². The zero-order valence-electron chi connectivity index (χ0n) is 21.7. The van der Waals surface area contributed by atoms with Gasteiger partial charge in [-0.05, 0) is 25.7 Å². The van der Waals surface area contributed by atoms with Crippen molar-refractivity contribution >= 4 is 11.9 Å². The molecule has 2 unspecified atom stereocenters. The van der Waals surface area contributed by atoms with Gasteiger partial charge in [-0.25, -0.2) is 4.79 Å². The molecule has 1 N–H and O–H groups in total. The highest BCUT2D eigenvalue weighted by atomic mass is 16.6. The van der Waals surface area contributed by atoms with E-state index in [9.17, 15) is 14.7 Å². The average Bonchev–Trinajstić information content (AvgIpc) is 2.78. The molecule has 0 fully saturated rings. The van der Waals surface area contributed by atoms with E-state index in [4.69, 9.17) is 4.74 Å². The SMILES string of the molecule is CCCCCCCCCCCCCCCCC(OC(=O)C(CC)CCCCCC)C(=O)O. The quantitative estimate of drug-likeness (QED) is 0.117. The summed E-state index contributed by atoms with van der Waals surface area (Å²) < 4.78 is 5.40. The Hall–Kier alpha value is -1.06. The van der Waals surface area contributed by atoms with Crippen LogP contribution >= 0.6 is 0 Å². The van der Waals surface area contributed by atoms with Crippen LogP contribution in [0.25, 0.3) is 0 Å². The van der Waals surface area contributed by atoms with Crippen LogP contribution in [0.5, 0.6) is 0 Å². The zero-order chi connectivity index (χ0) is 23.9. The van der Waals surface area contributed by atoms with Gasteiger partial charge in [-0.3, -0.25) is 4.79 Å². The molecule has 0 radical (unpaired) electrons. The van der Waals surface area contributed by atoms with Crippen LogP contribution in [0.15, 0.2) is 0 Å². The molecular weight excluding hydrogens is 400 g/mol. The maximum absolute atomic E-state index is 12.4. The Morgan fingerprint density at radius 2 is 0.969 bits per heavy atom. The molecule has 0 aliphatic heterocycles. The largest absolute Gasteiger partial charge is 0.479 e. The Morgan fingerprint density at radius 3 is 1.38 bits per heavy atom. The number of carboxylic acid groups (broad SMARTS) is 1. The highest BCUT2D eigenvalue weighted by Crippen LogP contribution is 2.19. The molecule has 0 saturated carbocycles. The lowest BCUT2D eigenvalue weighted by Crippen LogP contribution is -2.30. The fraction of sp³-hybridized carbons (Fsp3) is 0.929. The molecule has 0 spiro atoms. The molecule has 0 saturated heterocycles. The van der Waals surface area contributed by atoms with Crippen LogP contribution in [-0.4, -0.2) is 23.1 Å². The van der Waals surface area contributed by atoms with E-state index in [0.29, 0.717) is 6.42 Å². The minimum atomic E-state index is -1.01. The van der Waals surface area contributed by atoms with E-state index in [-0.39, 0.29) is 11.9 Å². The molecule has 0 bridgehead atoms. The van der Waals surface area contributed by atoms with Crippen molar-refractivity contribution in [3.05, 3.63) is 0 Å². The lowest BCUT2D eigenvalue weighted by Gasteiger charge is -2.18. The minimum absolute atomic E-state index is 0.162. The number of ether oxygens (including phenoxy) is 1. The Labute approximate surface area is 199 Å². The first-order chi connectivity index (χ1) is 15.6. The van der Waals surface area contributed by atoms with E-state index >= 15 is 0 Å². The van der Waals surface area contributed by atoms with Crippen LogP contribution in [-0.2, 0) is 14.3 Å². The summed E-state index contributed by atoms with van der Waals surface area (Å²) >= 11 is 0. The first kappa shape index (κ1) is 30.9. The molecule has 0 rings (SSSR count). The van der Waals surface area contributed by atoms with Gasteiger partial charge in [0.2, 0.25) is 0 Å². The minimum Gasteiger partial charge on any atom is -0.479 e. The molecule has 32 heavy (non-hydrogen) atoms. The van der Waals surface area contributed by atoms with Crippen molar-refractivity contribution in [2.45, 2.75) is 162 Å². The highest BCUT2D eigenvalue weighted by molar-refractivity contribution is 5.79. The molecule has 0 aromatic carbocycles. The molecule has 190 valence electrons. The molecule has 0 aromatic heterocycles. The number of esters is 1. The number of unbranched alkanes of at least 4 members (excludes halogenated alkanes) is 16. The summed E-state index contributed by atoms with van der Waals surface area (Å²) in [4.78, 5) is 23.9. The monoisotopic (exact) mass is 454 g/mol. The van der Waals surface area contributed by atoms with Crippen molar-refractivity contribution < 1.29 is 19.4 Å². The first-order valence-corrected chi connectivity index (χ1v) is 14.0. The third-order valence-electron chi connectivity index (χ3n) is 6.59. The normalized spacial score (nSPS) is 13.1. The fourth-order valence-corrected chi connectivity index (χ4v) is 4.30. The number of rotatable bonds is 24. The van der Waals surface area contributed by atoms with Gasteiger partial charge < -0.3 is 9.84 Å². The van der Waals surface area contributed by atoms with Gasteiger partial charge in [0, 0.05) is 0 Å². The number of carbonyl (C=O) groups excluding carboxylic acids is 1. The second kappa shape index (κ2) is 23.1. The third kappa shape index (κ3) is 18.5. The molecule has 4 nitrogen and oxygen atoms in total. The van der Waals surface area contributed by atoms with Crippen molar-refractivity contribution in [2.24, 2.45) is 5.92 Å². The Morgan fingerprint density at radius 1 is 0.594 bits per heavy atom. The Bertz CT molecular complexity index is 435. The maximum atomic E-state index is 12.4. The van der Waals surface area contributed by atoms with E-state index in [0.717, 1.165) is 44.9 Å². The number of hydrogen-bond acceptors (Lipinski definition) is 3. The summed E-state index contributed by atoms with van der Waals surface area (Å²) in [7, 11) is 0. The van der Waals surface area contributed by atoms with Gasteiger partial charge in [-0.1, -0.05) is 130 Å². The predicted molar refractivity (Wildman–Crippen MR) is 135 cm³/mol. The molecule has 0 aliphatic carbocycles. The van der Waals surface area contributed by atoms with E-state index in [2.05, 4.69) is 13.8 Å². The zero-order valence-corrected chi connectivity index (χ0v) is 21.7. The van der Waals surface area contributed by atoms with Crippen LogP contribution in [0.1, 0.15) is 156 Å². The summed E-state index contributed by atoms with van der Waals surface area (Å²) in [6.45, 7) is 6.41. The van der Waals surface area contributed by atoms with Crippen molar-refractivity contribution in [2.75, 3.05) is 0 Å². The molecule has 0 aliphatic rings. The standard InChI is InChI=1S/C28H54O4/c1-4-7-9-11-12-13-14-15-16-17-18-19-20-22-24-26(27(29)30)32-28(31)25(6-3)23-21-10-8-5-2/h25-26H,4-24H2,1-3H3,(H,29,30). The summed E-state index contributed by atoms with van der Waals surface area (Å²) in [5.74, 6) is -1.49. The number of aliphatic carboxylic acids is 1. The van der Waals surface area contributed by atoms with E-state index in [1.807, 2.05) is 6.92 Å². The van der Waals surface area contributed by atoms with Gasteiger partial charge in [0.25, 0.3) is 0 Å². The smallest absolute Gasteiger partial charge is 0.345 e. The second-order valence-corrected chi connectivity index (χ2v) is 9.60. The van der Waals surface area contributed by atoms with E-state index in [1.54, 1.807) is 0 Å². The van der Waals surface area contributed by atoms with Gasteiger partial charge >= 0.3 is 11.9 Å². The molecule has 0 aromatic rings. The van der Waals surface area contributed by atoms with Crippen molar-refractivity contribution in [3.8, 4) is 0 Å². The topological polar surface area (TPSA) is 63.6 Å². The van der Waals surface area contributed by atoms with Crippen molar-refractivity contribution in [1.29, 1.82) is 0 Å². The van der Waals surface area contributed by atoms with Gasteiger partial charge in [0.05, 0.1) is 5.92 Å². The van der Waals surface area contributed by atoms with Crippen molar-refractivity contribution in [1.82, 2.24) is 0 Å². The summed E-state index contributed by atoms with van der Waals surface area (Å²) in [6.07, 6.45) is 23.3. The van der Waals surface area contributed by atoms with Crippen molar-refractivity contribution in [3.63, 3.8) is 0 Å². The second-order valence-electron chi connectivity index (χ2n) is 9.60. The van der Waals surface area contributed by atoms with Crippen LogP contribution in [0.2, 0.25) is 0 Å². The van der Waals surface area contributed by atoms with Gasteiger partial charge in [-0.15, -0.1) is 0 Å². The summed E-state index contributed by atoms with van der Waals surface area (Å²) in [5.41, 5.74) is 0. The lowest BCUT2D eigenvalue weighted by molar-refractivity contribution is -0.167. The lowest BCUT2D eigenvalue weighted by atomic mass is 9.98. The van der Waals surface area contributed by atoms with Gasteiger partial charge in [0.15, 0.2) is 6.10 Å². The van der Waals surface area contributed by atoms with Crippen LogP contribution in [0.4, 0.5) is 0 Å². The summed E-state index contributed by atoms with van der Waals surface area (Å²) in [6, 6.07) is 0. The molecule has 0 heterocycles. The molecule has 4 heteroatoms. The van der Waals surface area contributed by atoms with Crippen LogP contribution < -0.4 is 0 Å². The highest BCUT2D eigenvalue weighted by Gasteiger charge is 2.26. The van der Waals surface area contributed by atoms with Gasteiger partial charge in [0.1, 0.15) is 0 Å². The molecule has 0 amide bonds. The van der Waals surface area contributed by atoms with Gasteiger partial charge in [-0.2, -0.15) is 0 Å². The van der Waals surface area contributed by atoms with Crippen LogP contribution in [0, 0.1) is 5.92 Å². The van der Waals surface area contributed by atoms with E-state index in [1.165, 1.54) is 83.5 Å². The summed E-state index contributed by atoms with van der Waals surface area (Å²) in [5, 5.41) is 9.45. The predicted octanol–water partition coefficient (Wildman–Crippen LogP) is 8.85. The molecule has 2 atom stereocenters. The number of hydrogen-bond donors (Lipinski definition) is 1. The third-order valence-corrected chi connectivity index (χ3v) is 6.59. The maximum Gasteiger partial charge on any atom is 0.345 e. The number of carbonyl (C=O) groups is 2. The van der Waals surface area contributed by atoms with E-state index < -0.39 is 12.1 Å². The Balaban J connectivity index is 3.80. The Kier molecular flexibility index (Phi) is 22.3. The number of carboxylic acids is 1.